The van der Waals surface area contributed by atoms with E-state index in [2.05, 4.69) is 0 Å². The Morgan fingerprint density at radius 1 is 1.40 bits per heavy atom. The fourth-order valence-electron chi connectivity index (χ4n) is 0.461. The van der Waals surface area contributed by atoms with E-state index in [9.17, 15) is 13.2 Å². The average molecular weight is 157 g/mol. The maximum absolute atomic E-state index is 11.8. The van der Waals surface area contributed by atoms with Crippen LogP contribution in [0.2, 0.25) is 0 Å². The van der Waals surface area contributed by atoms with Crippen LogP contribution in [-0.2, 0) is 0 Å². The first-order chi connectivity index (χ1) is 4.37. The number of hydrogen-bond acceptors (Lipinski definition) is 2. The molecule has 0 aliphatic rings. The molecule has 10 heavy (non-hydrogen) atoms. The molecule has 1 atom stereocenters. The van der Waals surface area contributed by atoms with Gasteiger partial charge < -0.3 is 10.8 Å². The van der Waals surface area contributed by atoms with Gasteiger partial charge in [-0.1, -0.05) is 6.92 Å². The van der Waals surface area contributed by atoms with E-state index in [1.807, 2.05) is 0 Å². The largest absolute Gasteiger partial charge is 0.418 e. The molecule has 1 unspecified atom stereocenters. The molecule has 0 aromatic rings. The zero-order chi connectivity index (χ0) is 8.41. The van der Waals surface area contributed by atoms with Crippen molar-refractivity contribution >= 4 is 0 Å². The summed E-state index contributed by atoms with van der Waals surface area (Å²) in [6.07, 6.45) is -5.02. The molecule has 0 aromatic carbocycles. The zero-order valence-corrected chi connectivity index (χ0v) is 5.57. The second kappa shape index (κ2) is 2.75. The molecule has 0 aliphatic heterocycles. The highest BCUT2D eigenvalue weighted by Crippen LogP contribution is 2.31. The van der Waals surface area contributed by atoms with Crippen molar-refractivity contribution in [2.45, 2.75) is 25.1 Å². The van der Waals surface area contributed by atoms with E-state index in [4.69, 9.17) is 10.8 Å². The predicted molar refractivity (Wildman–Crippen MR) is 30.4 cm³/mol. The van der Waals surface area contributed by atoms with Gasteiger partial charge in [0.25, 0.3) is 0 Å². The Hall–Kier alpha value is -0.290. The number of alkyl halides is 3. The zero-order valence-electron chi connectivity index (χ0n) is 5.57. The normalized spacial score (nSPS) is 18.6. The van der Waals surface area contributed by atoms with Crippen molar-refractivity contribution in [1.82, 2.24) is 0 Å². The van der Waals surface area contributed by atoms with Gasteiger partial charge in [0.2, 0.25) is 0 Å². The van der Waals surface area contributed by atoms with Crippen LogP contribution >= 0.6 is 0 Å². The van der Waals surface area contributed by atoms with E-state index in [-0.39, 0.29) is 0 Å². The van der Waals surface area contributed by atoms with Crippen molar-refractivity contribution in [1.29, 1.82) is 0 Å². The van der Waals surface area contributed by atoms with E-state index >= 15 is 0 Å². The Morgan fingerprint density at radius 2 is 1.80 bits per heavy atom. The molecule has 0 spiro atoms. The molecule has 0 amide bonds. The van der Waals surface area contributed by atoms with Gasteiger partial charge >= 0.3 is 6.18 Å². The molecule has 0 aliphatic carbocycles. The predicted octanol–water partition coefficient (Wildman–Crippen LogP) is 0.649. The molecule has 0 heterocycles. The molecule has 0 bridgehead atoms. The first-order valence-corrected chi connectivity index (χ1v) is 2.86. The molecule has 0 fully saturated rings. The van der Waals surface area contributed by atoms with Crippen molar-refractivity contribution in [2.24, 2.45) is 5.73 Å². The van der Waals surface area contributed by atoms with E-state index < -0.39 is 24.7 Å². The van der Waals surface area contributed by atoms with Crippen molar-refractivity contribution in [3.05, 3.63) is 0 Å². The monoisotopic (exact) mass is 157 g/mol. The van der Waals surface area contributed by atoms with Crippen molar-refractivity contribution < 1.29 is 18.3 Å². The Balaban J connectivity index is 4.33. The molecule has 5 heteroatoms. The Morgan fingerprint density at radius 3 is 1.80 bits per heavy atom. The van der Waals surface area contributed by atoms with Gasteiger partial charge in [0.05, 0.1) is 0 Å². The third-order valence-corrected chi connectivity index (χ3v) is 1.45. The van der Waals surface area contributed by atoms with Crippen LogP contribution in [0.5, 0.6) is 0 Å². The summed E-state index contributed by atoms with van der Waals surface area (Å²) in [5, 5.41) is 8.72. The van der Waals surface area contributed by atoms with Crippen molar-refractivity contribution in [3.8, 4) is 0 Å². The van der Waals surface area contributed by atoms with Gasteiger partial charge in [-0.3, -0.25) is 0 Å². The van der Waals surface area contributed by atoms with Crippen molar-refractivity contribution in [3.63, 3.8) is 0 Å². The van der Waals surface area contributed by atoms with E-state index in [1.54, 1.807) is 0 Å². The summed E-state index contributed by atoms with van der Waals surface area (Å²) in [5.41, 5.74) is 2.03. The van der Waals surface area contributed by atoms with Gasteiger partial charge in [0, 0.05) is 6.54 Å². The van der Waals surface area contributed by atoms with Crippen LogP contribution in [0.3, 0.4) is 0 Å². The third kappa shape index (κ3) is 1.60. The lowest BCUT2D eigenvalue weighted by Crippen LogP contribution is -2.50. The molecule has 0 saturated carbocycles. The van der Waals surface area contributed by atoms with Crippen LogP contribution in [-0.4, -0.2) is 23.4 Å². The third-order valence-electron chi connectivity index (χ3n) is 1.45. The van der Waals surface area contributed by atoms with Gasteiger partial charge in [-0.2, -0.15) is 13.2 Å². The van der Waals surface area contributed by atoms with Crippen LogP contribution in [0.15, 0.2) is 0 Å². The second-order valence-electron chi connectivity index (χ2n) is 2.09. The standard InChI is InChI=1S/C5H10F3NO/c1-2-4(10,3-9)5(6,7)8/h10H,2-3,9H2,1H3. The summed E-state index contributed by atoms with van der Waals surface area (Å²) in [6.45, 7) is 0.452. The Bertz CT molecular complexity index is 108. The fourth-order valence-corrected chi connectivity index (χ4v) is 0.461. The first-order valence-electron chi connectivity index (χ1n) is 2.86. The van der Waals surface area contributed by atoms with Gasteiger partial charge in [-0.05, 0) is 6.42 Å². The molecule has 2 nitrogen and oxygen atoms in total. The van der Waals surface area contributed by atoms with Gasteiger partial charge in [0.1, 0.15) is 0 Å². The van der Waals surface area contributed by atoms with Crippen LogP contribution < -0.4 is 5.73 Å². The SMILES string of the molecule is CCC(O)(CN)C(F)(F)F. The van der Waals surface area contributed by atoms with Crippen LogP contribution in [0.1, 0.15) is 13.3 Å². The Labute approximate surface area is 56.8 Å². The molecule has 0 aromatic heterocycles. The van der Waals surface area contributed by atoms with Gasteiger partial charge in [-0.15, -0.1) is 0 Å². The number of aliphatic hydroxyl groups is 1. The quantitative estimate of drug-likeness (QED) is 0.618. The molecular formula is C5H10F3NO. The number of halogens is 3. The second-order valence-corrected chi connectivity index (χ2v) is 2.09. The molecule has 0 radical (unpaired) electrons. The minimum absolute atomic E-state index is 0.410. The highest BCUT2D eigenvalue weighted by atomic mass is 19.4. The Kier molecular flexibility index (Phi) is 2.67. The lowest BCUT2D eigenvalue weighted by Gasteiger charge is -2.27. The summed E-state index contributed by atoms with van der Waals surface area (Å²) in [4.78, 5) is 0. The van der Waals surface area contributed by atoms with Crippen molar-refractivity contribution in [2.75, 3.05) is 6.54 Å². The highest BCUT2D eigenvalue weighted by Gasteiger charge is 2.51. The first kappa shape index (κ1) is 9.71. The summed E-state index contributed by atoms with van der Waals surface area (Å²) >= 11 is 0. The summed E-state index contributed by atoms with van der Waals surface area (Å²) in [7, 11) is 0. The van der Waals surface area contributed by atoms with Gasteiger partial charge in [-0.25, -0.2) is 0 Å². The maximum Gasteiger partial charge on any atom is 0.418 e. The molecule has 0 rings (SSSR count). The average Bonchev–Trinajstić information content (AvgIpc) is 1.84. The summed E-state index contributed by atoms with van der Waals surface area (Å²) in [6, 6.07) is 0. The van der Waals surface area contributed by atoms with Crippen LogP contribution in [0, 0.1) is 0 Å². The number of rotatable bonds is 2. The fraction of sp³-hybridized carbons (Fsp3) is 1.00. The number of nitrogens with two attached hydrogens (primary N) is 1. The van der Waals surface area contributed by atoms with E-state index in [1.165, 1.54) is 6.92 Å². The topological polar surface area (TPSA) is 46.2 Å². The summed E-state index contributed by atoms with van der Waals surface area (Å²) < 4.78 is 35.3. The maximum atomic E-state index is 11.8. The molecule has 3 N–H and O–H groups in total. The van der Waals surface area contributed by atoms with Crippen LogP contribution in [0.25, 0.3) is 0 Å². The minimum atomic E-state index is -4.61. The molecular weight excluding hydrogens is 147 g/mol. The highest BCUT2D eigenvalue weighted by molar-refractivity contribution is 4.85. The summed E-state index contributed by atoms with van der Waals surface area (Å²) in [5.74, 6) is 0. The lowest BCUT2D eigenvalue weighted by molar-refractivity contribution is -0.256. The van der Waals surface area contributed by atoms with Gasteiger partial charge in [0.15, 0.2) is 5.60 Å². The van der Waals surface area contributed by atoms with E-state index in [0.717, 1.165) is 0 Å². The smallest absolute Gasteiger partial charge is 0.379 e. The van der Waals surface area contributed by atoms with E-state index in [0.29, 0.717) is 0 Å². The number of hydrogen-bond donors (Lipinski definition) is 2. The molecule has 62 valence electrons. The molecule has 0 saturated heterocycles. The van der Waals surface area contributed by atoms with Crippen LogP contribution in [0.4, 0.5) is 13.2 Å². The lowest BCUT2D eigenvalue weighted by atomic mass is 10.0. The minimum Gasteiger partial charge on any atom is -0.379 e.